The molecular weight excluding hydrogens is 356 g/mol. The summed E-state index contributed by atoms with van der Waals surface area (Å²) in [6.45, 7) is 4.69. The second-order valence-electron chi connectivity index (χ2n) is 6.95. The molecule has 2 N–H and O–H groups in total. The summed E-state index contributed by atoms with van der Waals surface area (Å²) in [5.41, 5.74) is 4.73. The van der Waals surface area contributed by atoms with Crippen LogP contribution in [0, 0.1) is 6.92 Å². The van der Waals surface area contributed by atoms with Crippen LogP contribution in [0.15, 0.2) is 42.6 Å². The molecule has 1 aliphatic rings. The number of hydrogen-bond acceptors (Lipinski definition) is 5. The van der Waals surface area contributed by atoms with E-state index in [1.54, 1.807) is 0 Å². The minimum atomic E-state index is -0.00726. The highest BCUT2D eigenvalue weighted by Gasteiger charge is 2.24. The van der Waals surface area contributed by atoms with Crippen molar-refractivity contribution in [2.24, 2.45) is 0 Å². The molecule has 1 aromatic carbocycles. The lowest BCUT2D eigenvalue weighted by atomic mass is 10.1. The van der Waals surface area contributed by atoms with E-state index in [4.69, 9.17) is 4.98 Å². The van der Waals surface area contributed by atoms with Crippen LogP contribution in [0.4, 0.5) is 5.69 Å². The first-order valence-corrected chi connectivity index (χ1v) is 9.76. The van der Waals surface area contributed by atoms with Crippen molar-refractivity contribution in [2.75, 3.05) is 11.9 Å². The largest absolute Gasteiger partial charge is 0.381 e. The fraction of sp³-hybridized carbons (Fsp3) is 0.190. The van der Waals surface area contributed by atoms with E-state index in [-0.39, 0.29) is 11.9 Å². The normalized spacial score (nSPS) is 16.7. The maximum Gasteiger partial charge on any atom is 0.263 e. The molecule has 1 aliphatic heterocycles. The van der Waals surface area contributed by atoms with Gasteiger partial charge in [-0.2, -0.15) is 0 Å². The Bertz CT molecular complexity index is 1200. The number of amides is 1. The summed E-state index contributed by atoms with van der Waals surface area (Å²) in [6, 6.07) is 12.3. The minimum absolute atomic E-state index is 0.00726. The van der Waals surface area contributed by atoms with Crippen LogP contribution in [-0.2, 0) is 0 Å². The summed E-state index contributed by atoms with van der Waals surface area (Å²) in [7, 11) is 0. The Morgan fingerprint density at radius 1 is 1.15 bits per heavy atom. The van der Waals surface area contributed by atoms with Crippen molar-refractivity contribution < 1.29 is 4.79 Å². The highest BCUT2D eigenvalue weighted by molar-refractivity contribution is 7.21. The van der Waals surface area contributed by atoms with Crippen molar-refractivity contribution in [2.45, 2.75) is 19.9 Å². The zero-order valence-electron chi connectivity index (χ0n) is 15.0. The molecule has 0 spiro atoms. The maximum absolute atomic E-state index is 12.5. The Morgan fingerprint density at radius 3 is 2.85 bits per heavy atom. The van der Waals surface area contributed by atoms with Gasteiger partial charge in [-0.25, -0.2) is 4.98 Å². The average Bonchev–Trinajstić information content (AvgIpc) is 2.99. The first kappa shape index (κ1) is 16.2. The number of carbonyl (C=O) groups is 1. The molecule has 1 amide bonds. The third-order valence-corrected chi connectivity index (χ3v) is 6.05. The van der Waals surface area contributed by atoms with E-state index in [1.165, 1.54) is 11.3 Å². The second kappa shape index (κ2) is 6.03. The van der Waals surface area contributed by atoms with Gasteiger partial charge < -0.3 is 10.6 Å². The fourth-order valence-corrected chi connectivity index (χ4v) is 4.60. The van der Waals surface area contributed by atoms with Gasteiger partial charge in [-0.05, 0) is 50.2 Å². The number of fused-ring (bicyclic) bond motifs is 5. The molecule has 0 saturated heterocycles. The van der Waals surface area contributed by atoms with Crippen molar-refractivity contribution in [1.82, 2.24) is 15.3 Å². The van der Waals surface area contributed by atoms with Crippen LogP contribution in [0.3, 0.4) is 0 Å². The van der Waals surface area contributed by atoms with Crippen LogP contribution in [0.5, 0.6) is 0 Å². The van der Waals surface area contributed by atoms with Gasteiger partial charge in [0, 0.05) is 45.5 Å². The molecule has 0 fully saturated rings. The van der Waals surface area contributed by atoms with Crippen LogP contribution in [-0.4, -0.2) is 28.5 Å². The summed E-state index contributed by atoms with van der Waals surface area (Å²) in [5.74, 6) is -0.00726. The van der Waals surface area contributed by atoms with Gasteiger partial charge in [0.05, 0.1) is 16.9 Å². The van der Waals surface area contributed by atoms with E-state index in [9.17, 15) is 4.79 Å². The van der Waals surface area contributed by atoms with Gasteiger partial charge in [0.2, 0.25) is 0 Å². The summed E-state index contributed by atoms with van der Waals surface area (Å²) in [4.78, 5) is 22.5. The van der Waals surface area contributed by atoms with Crippen molar-refractivity contribution >= 4 is 43.9 Å². The molecule has 5 nitrogen and oxygen atoms in total. The quantitative estimate of drug-likeness (QED) is 0.519. The number of thiophene rings is 1. The molecule has 3 aromatic heterocycles. The number of aryl methyl sites for hydroxylation is 1. The van der Waals surface area contributed by atoms with E-state index >= 15 is 0 Å². The number of aromatic nitrogens is 2. The van der Waals surface area contributed by atoms with Crippen molar-refractivity contribution in [3.8, 4) is 11.3 Å². The molecule has 4 heterocycles. The number of carbonyl (C=O) groups excluding carboxylic acids is 1. The number of nitrogens with one attached hydrogen (secondary N) is 2. The molecule has 4 aromatic rings. The standard InChI is InChI=1S/C21H18N4OS/c1-11-3-4-13(10-22-11)15-6-5-14-16(25-15)7-8-17-18(14)19-20(27-17)21(26)24-12(2)9-23-19/h3-8,10,12,23H,9H2,1-2H3,(H,24,26)/t12-/m0/s1. The van der Waals surface area contributed by atoms with Gasteiger partial charge in [0.1, 0.15) is 4.88 Å². The van der Waals surface area contributed by atoms with E-state index < -0.39 is 0 Å². The Balaban J connectivity index is 1.71. The van der Waals surface area contributed by atoms with Crippen LogP contribution < -0.4 is 10.6 Å². The summed E-state index contributed by atoms with van der Waals surface area (Å²) in [5, 5.41) is 8.63. The zero-order valence-corrected chi connectivity index (χ0v) is 15.9. The van der Waals surface area contributed by atoms with Crippen LogP contribution >= 0.6 is 11.3 Å². The third-order valence-electron chi connectivity index (χ3n) is 4.90. The summed E-state index contributed by atoms with van der Waals surface area (Å²) >= 11 is 1.53. The van der Waals surface area contributed by atoms with E-state index in [0.717, 1.165) is 48.5 Å². The molecular formula is C21H18N4OS. The monoisotopic (exact) mass is 374 g/mol. The number of nitrogens with zero attached hydrogens (tertiary/aromatic N) is 2. The van der Waals surface area contributed by atoms with E-state index in [0.29, 0.717) is 6.54 Å². The lowest BCUT2D eigenvalue weighted by Gasteiger charge is -2.10. The van der Waals surface area contributed by atoms with Crippen LogP contribution in [0.25, 0.3) is 32.2 Å². The molecule has 134 valence electrons. The highest BCUT2D eigenvalue weighted by atomic mass is 32.1. The average molecular weight is 374 g/mol. The molecule has 0 saturated carbocycles. The topological polar surface area (TPSA) is 66.9 Å². The molecule has 6 heteroatoms. The molecule has 5 rings (SSSR count). The Morgan fingerprint density at radius 2 is 2.04 bits per heavy atom. The SMILES string of the molecule is Cc1ccc(-c2ccc3c(ccc4sc5c(c43)NC[C@H](C)NC5=O)n2)cn1. The van der Waals surface area contributed by atoms with Gasteiger partial charge in [-0.1, -0.05) is 0 Å². The molecule has 0 radical (unpaired) electrons. The number of rotatable bonds is 1. The lowest BCUT2D eigenvalue weighted by molar-refractivity contribution is 0.0949. The van der Waals surface area contributed by atoms with E-state index in [2.05, 4.69) is 27.8 Å². The zero-order chi connectivity index (χ0) is 18.5. The Labute approximate surface area is 160 Å². The number of anilines is 1. The molecule has 0 unspecified atom stereocenters. The van der Waals surface area contributed by atoms with E-state index in [1.807, 2.05) is 44.3 Å². The van der Waals surface area contributed by atoms with Crippen molar-refractivity contribution in [3.63, 3.8) is 0 Å². The number of benzene rings is 1. The molecule has 1 atom stereocenters. The summed E-state index contributed by atoms with van der Waals surface area (Å²) < 4.78 is 1.09. The summed E-state index contributed by atoms with van der Waals surface area (Å²) in [6.07, 6.45) is 1.85. The lowest BCUT2D eigenvalue weighted by Crippen LogP contribution is -2.34. The van der Waals surface area contributed by atoms with Gasteiger partial charge in [0.15, 0.2) is 0 Å². The van der Waals surface area contributed by atoms with Crippen molar-refractivity contribution in [3.05, 3.63) is 53.2 Å². The number of hydrogen-bond donors (Lipinski definition) is 2. The van der Waals surface area contributed by atoms with Gasteiger partial charge in [-0.15, -0.1) is 11.3 Å². The van der Waals surface area contributed by atoms with Crippen molar-refractivity contribution in [1.29, 1.82) is 0 Å². The first-order valence-electron chi connectivity index (χ1n) is 8.94. The fourth-order valence-electron chi connectivity index (χ4n) is 3.51. The number of pyridine rings is 2. The van der Waals surface area contributed by atoms with Crippen LogP contribution in [0.1, 0.15) is 22.3 Å². The van der Waals surface area contributed by atoms with Gasteiger partial charge >= 0.3 is 0 Å². The molecule has 0 bridgehead atoms. The Hall–Kier alpha value is -2.99. The van der Waals surface area contributed by atoms with Gasteiger partial charge in [0.25, 0.3) is 5.91 Å². The third kappa shape index (κ3) is 2.64. The predicted molar refractivity (Wildman–Crippen MR) is 111 cm³/mol. The second-order valence-corrected chi connectivity index (χ2v) is 8.00. The van der Waals surface area contributed by atoms with Gasteiger partial charge in [-0.3, -0.25) is 9.78 Å². The minimum Gasteiger partial charge on any atom is -0.381 e. The molecule has 0 aliphatic carbocycles. The molecule has 27 heavy (non-hydrogen) atoms. The highest BCUT2D eigenvalue weighted by Crippen LogP contribution is 2.41. The Kier molecular flexibility index (Phi) is 3.62. The predicted octanol–water partition coefficient (Wildman–Crippen LogP) is 4.36. The smallest absolute Gasteiger partial charge is 0.263 e. The van der Waals surface area contributed by atoms with Crippen LogP contribution in [0.2, 0.25) is 0 Å². The maximum atomic E-state index is 12.5. The first-order chi connectivity index (χ1) is 13.1.